The molecule has 3 rings (SSSR count). The monoisotopic (exact) mass is 187 g/mol. The van der Waals surface area contributed by atoms with Crippen molar-refractivity contribution in [2.75, 3.05) is 0 Å². The molecular weight excluding hydrogens is 174 g/mol. The van der Waals surface area contributed by atoms with Crippen LogP contribution < -0.4 is 0 Å². The van der Waals surface area contributed by atoms with Crippen LogP contribution in [0.3, 0.4) is 0 Å². The van der Waals surface area contributed by atoms with Crippen LogP contribution in [-0.4, -0.2) is 14.6 Å². The van der Waals surface area contributed by atoms with E-state index in [1.807, 2.05) is 0 Å². The quantitative estimate of drug-likeness (QED) is 0.685. The molecule has 0 saturated heterocycles. The minimum Gasteiger partial charge on any atom is -0.286 e. The van der Waals surface area contributed by atoms with Gasteiger partial charge in [-0.15, -0.1) is 10.2 Å². The highest BCUT2D eigenvalue weighted by Gasteiger charge is 2.24. The first-order valence-electron chi connectivity index (χ1n) is 5.16. The molecule has 0 aliphatic heterocycles. The zero-order chi connectivity index (χ0) is 9.54. The molecular formula is C11H13N3. The standard InChI is InChI=1S/C11H13N3/c1-8-4-3-7-14-10(8)12-13-11(14)9-5-2-6-9/h3-4,7,9H,2,5-6H2,1H3. The maximum absolute atomic E-state index is 4.29. The summed E-state index contributed by atoms with van der Waals surface area (Å²) in [5.41, 5.74) is 2.21. The van der Waals surface area contributed by atoms with Crippen LogP contribution in [0.4, 0.5) is 0 Å². The van der Waals surface area contributed by atoms with Crippen molar-refractivity contribution in [2.24, 2.45) is 0 Å². The van der Waals surface area contributed by atoms with E-state index in [4.69, 9.17) is 0 Å². The summed E-state index contributed by atoms with van der Waals surface area (Å²) in [4.78, 5) is 0. The van der Waals surface area contributed by atoms with Crippen LogP contribution in [0.1, 0.15) is 36.6 Å². The summed E-state index contributed by atoms with van der Waals surface area (Å²) in [6.45, 7) is 2.08. The summed E-state index contributed by atoms with van der Waals surface area (Å²) < 4.78 is 2.14. The smallest absolute Gasteiger partial charge is 0.163 e. The Morgan fingerprint density at radius 3 is 2.93 bits per heavy atom. The molecule has 2 aromatic rings. The van der Waals surface area contributed by atoms with Crippen molar-refractivity contribution < 1.29 is 0 Å². The van der Waals surface area contributed by atoms with Gasteiger partial charge < -0.3 is 0 Å². The van der Waals surface area contributed by atoms with Crippen molar-refractivity contribution in [2.45, 2.75) is 32.1 Å². The highest BCUT2D eigenvalue weighted by molar-refractivity contribution is 5.46. The average Bonchev–Trinajstić information content (AvgIpc) is 2.48. The number of hydrogen-bond donors (Lipinski definition) is 0. The second-order valence-corrected chi connectivity index (χ2v) is 4.07. The van der Waals surface area contributed by atoms with Crippen LogP contribution in [-0.2, 0) is 0 Å². The van der Waals surface area contributed by atoms with Crippen molar-refractivity contribution in [3.63, 3.8) is 0 Å². The van der Waals surface area contributed by atoms with Crippen LogP contribution in [0.5, 0.6) is 0 Å². The van der Waals surface area contributed by atoms with Crippen molar-refractivity contribution >= 4 is 5.65 Å². The number of rotatable bonds is 1. The van der Waals surface area contributed by atoms with E-state index in [1.54, 1.807) is 0 Å². The first-order chi connectivity index (χ1) is 6.86. The lowest BCUT2D eigenvalue weighted by atomic mass is 9.85. The van der Waals surface area contributed by atoms with Crippen LogP contribution in [0.2, 0.25) is 0 Å². The summed E-state index contributed by atoms with van der Waals surface area (Å²) in [5, 5.41) is 8.53. The summed E-state index contributed by atoms with van der Waals surface area (Å²) in [6, 6.07) is 4.14. The zero-order valence-corrected chi connectivity index (χ0v) is 8.27. The molecule has 14 heavy (non-hydrogen) atoms. The molecule has 0 unspecified atom stereocenters. The van der Waals surface area contributed by atoms with Crippen molar-refractivity contribution in [1.82, 2.24) is 14.6 Å². The maximum Gasteiger partial charge on any atom is 0.163 e. The van der Waals surface area contributed by atoms with Gasteiger partial charge in [-0.3, -0.25) is 4.40 Å². The fraction of sp³-hybridized carbons (Fsp3) is 0.455. The number of hydrogen-bond acceptors (Lipinski definition) is 2. The summed E-state index contributed by atoms with van der Waals surface area (Å²) in [5.74, 6) is 1.79. The molecule has 1 saturated carbocycles. The Kier molecular flexibility index (Phi) is 1.60. The van der Waals surface area contributed by atoms with Crippen LogP contribution in [0, 0.1) is 6.92 Å². The molecule has 0 spiro atoms. The van der Waals surface area contributed by atoms with E-state index in [0.29, 0.717) is 5.92 Å². The topological polar surface area (TPSA) is 30.2 Å². The van der Waals surface area contributed by atoms with E-state index in [9.17, 15) is 0 Å². The first-order valence-corrected chi connectivity index (χ1v) is 5.16. The zero-order valence-electron chi connectivity index (χ0n) is 8.27. The van der Waals surface area contributed by atoms with Gasteiger partial charge in [-0.05, 0) is 31.4 Å². The van der Waals surface area contributed by atoms with Gasteiger partial charge in [0.25, 0.3) is 0 Å². The van der Waals surface area contributed by atoms with Gasteiger partial charge in [-0.2, -0.15) is 0 Å². The molecule has 0 bridgehead atoms. The Morgan fingerprint density at radius 2 is 2.21 bits per heavy atom. The van der Waals surface area contributed by atoms with Crippen molar-refractivity contribution in [3.05, 3.63) is 29.7 Å². The van der Waals surface area contributed by atoms with E-state index in [-0.39, 0.29) is 0 Å². The van der Waals surface area contributed by atoms with E-state index in [1.165, 1.54) is 24.8 Å². The molecule has 0 radical (unpaired) electrons. The van der Waals surface area contributed by atoms with Gasteiger partial charge in [-0.1, -0.05) is 12.5 Å². The third-order valence-corrected chi connectivity index (χ3v) is 3.13. The average molecular weight is 187 g/mol. The third-order valence-electron chi connectivity index (χ3n) is 3.13. The van der Waals surface area contributed by atoms with E-state index >= 15 is 0 Å². The molecule has 1 aliphatic carbocycles. The summed E-state index contributed by atoms with van der Waals surface area (Å²) in [6.07, 6.45) is 5.95. The SMILES string of the molecule is Cc1cccn2c(C3CCC3)nnc12. The number of aryl methyl sites for hydroxylation is 1. The van der Waals surface area contributed by atoms with E-state index in [0.717, 1.165) is 11.5 Å². The Morgan fingerprint density at radius 1 is 1.36 bits per heavy atom. The van der Waals surface area contributed by atoms with Crippen LogP contribution in [0.25, 0.3) is 5.65 Å². The molecule has 2 heterocycles. The largest absolute Gasteiger partial charge is 0.286 e. The van der Waals surface area contributed by atoms with Gasteiger partial charge in [0.2, 0.25) is 0 Å². The van der Waals surface area contributed by atoms with E-state index < -0.39 is 0 Å². The number of fused-ring (bicyclic) bond motifs is 1. The molecule has 1 fully saturated rings. The predicted molar refractivity (Wildman–Crippen MR) is 54.3 cm³/mol. The molecule has 0 N–H and O–H groups in total. The molecule has 3 heteroatoms. The highest BCUT2D eigenvalue weighted by atomic mass is 15.2. The minimum absolute atomic E-state index is 0.645. The second kappa shape index (κ2) is 2.80. The fourth-order valence-corrected chi connectivity index (χ4v) is 2.01. The lowest BCUT2D eigenvalue weighted by Crippen LogP contribution is -2.12. The lowest BCUT2D eigenvalue weighted by Gasteiger charge is -2.23. The fourth-order valence-electron chi connectivity index (χ4n) is 2.01. The normalized spacial score (nSPS) is 17.2. The molecule has 1 aliphatic rings. The van der Waals surface area contributed by atoms with Crippen molar-refractivity contribution in [3.8, 4) is 0 Å². The van der Waals surface area contributed by atoms with Crippen LogP contribution >= 0.6 is 0 Å². The van der Waals surface area contributed by atoms with Gasteiger partial charge in [0.15, 0.2) is 5.65 Å². The maximum atomic E-state index is 4.29. The third kappa shape index (κ3) is 0.983. The van der Waals surface area contributed by atoms with Gasteiger partial charge >= 0.3 is 0 Å². The van der Waals surface area contributed by atoms with Gasteiger partial charge in [-0.25, -0.2) is 0 Å². The Bertz CT molecular complexity index is 468. The predicted octanol–water partition coefficient (Wildman–Crippen LogP) is 2.31. The highest BCUT2D eigenvalue weighted by Crippen LogP contribution is 2.35. The van der Waals surface area contributed by atoms with E-state index in [2.05, 4.69) is 39.9 Å². The van der Waals surface area contributed by atoms with Gasteiger partial charge in [0.05, 0.1) is 0 Å². The molecule has 0 amide bonds. The Hall–Kier alpha value is -1.38. The molecule has 72 valence electrons. The summed E-state index contributed by atoms with van der Waals surface area (Å²) in [7, 11) is 0. The van der Waals surface area contributed by atoms with Crippen LogP contribution in [0.15, 0.2) is 18.3 Å². The number of nitrogens with zero attached hydrogens (tertiary/aromatic N) is 3. The Labute approximate surface area is 82.8 Å². The first kappa shape index (κ1) is 7.97. The molecule has 0 aromatic carbocycles. The van der Waals surface area contributed by atoms with Crippen molar-refractivity contribution in [1.29, 1.82) is 0 Å². The molecule has 2 aromatic heterocycles. The number of aromatic nitrogens is 3. The number of pyridine rings is 1. The summed E-state index contributed by atoms with van der Waals surface area (Å²) >= 11 is 0. The minimum atomic E-state index is 0.645. The molecule has 0 atom stereocenters. The second-order valence-electron chi connectivity index (χ2n) is 4.07. The Balaban J connectivity index is 2.20. The molecule has 3 nitrogen and oxygen atoms in total. The van der Waals surface area contributed by atoms with Gasteiger partial charge in [0.1, 0.15) is 5.82 Å². The lowest BCUT2D eigenvalue weighted by molar-refractivity contribution is 0.399. The van der Waals surface area contributed by atoms with Gasteiger partial charge in [0, 0.05) is 12.1 Å².